The molecule has 29 heavy (non-hydrogen) atoms. The van der Waals surface area contributed by atoms with Gasteiger partial charge in [-0.25, -0.2) is 5.43 Å². The van der Waals surface area contributed by atoms with Crippen molar-refractivity contribution in [2.45, 2.75) is 0 Å². The van der Waals surface area contributed by atoms with Crippen LogP contribution in [0.5, 0.6) is 23.0 Å². The smallest absolute Gasteiger partial charge is 0.277 e. The Hall–Kier alpha value is -3.74. The molecular formula is C22H22N2O5. The van der Waals surface area contributed by atoms with E-state index in [2.05, 4.69) is 10.5 Å². The van der Waals surface area contributed by atoms with Crippen molar-refractivity contribution in [3.63, 3.8) is 0 Å². The second-order valence-electron chi connectivity index (χ2n) is 6.04. The maximum absolute atomic E-state index is 12.0. The van der Waals surface area contributed by atoms with E-state index in [4.69, 9.17) is 18.9 Å². The van der Waals surface area contributed by atoms with E-state index in [1.165, 1.54) is 20.4 Å². The molecule has 0 atom stereocenters. The fourth-order valence-corrected chi connectivity index (χ4v) is 2.77. The van der Waals surface area contributed by atoms with Crippen molar-refractivity contribution in [2.24, 2.45) is 5.10 Å². The van der Waals surface area contributed by atoms with Gasteiger partial charge in [0.25, 0.3) is 5.91 Å². The molecule has 1 N–H and O–H groups in total. The van der Waals surface area contributed by atoms with Crippen LogP contribution in [0.3, 0.4) is 0 Å². The number of hydrogen-bond acceptors (Lipinski definition) is 6. The molecule has 0 spiro atoms. The minimum absolute atomic E-state index is 0.154. The first-order chi connectivity index (χ1) is 14.1. The summed E-state index contributed by atoms with van der Waals surface area (Å²) in [5, 5.41) is 6.12. The van der Waals surface area contributed by atoms with Crippen molar-refractivity contribution in [1.82, 2.24) is 5.43 Å². The highest BCUT2D eigenvalue weighted by Gasteiger charge is 2.10. The number of nitrogens with zero attached hydrogens (tertiary/aromatic N) is 1. The van der Waals surface area contributed by atoms with Crippen molar-refractivity contribution in [3.05, 3.63) is 60.2 Å². The van der Waals surface area contributed by atoms with E-state index in [1.54, 1.807) is 19.2 Å². The Bertz CT molecular complexity index is 1030. The molecule has 0 fully saturated rings. The minimum Gasteiger partial charge on any atom is -0.496 e. The second-order valence-corrected chi connectivity index (χ2v) is 6.04. The number of benzene rings is 3. The third-order valence-corrected chi connectivity index (χ3v) is 4.22. The van der Waals surface area contributed by atoms with Crippen LogP contribution in [0.4, 0.5) is 0 Å². The quantitative estimate of drug-likeness (QED) is 0.468. The summed E-state index contributed by atoms with van der Waals surface area (Å²) in [4.78, 5) is 12.0. The van der Waals surface area contributed by atoms with Crippen molar-refractivity contribution >= 4 is 22.9 Å². The lowest BCUT2D eigenvalue weighted by molar-refractivity contribution is -0.123. The zero-order valence-corrected chi connectivity index (χ0v) is 16.5. The lowest BCUT2D eigenvalue weighted by Gasteiger charge is -2.11. The predicted molar refractivity (Wildman–Crippen MR) is 111 cm³/mol. The Morgan fingerprint density at radius 3 is 2.31 bits per heavy atom. The van der Waals surface area contributed by atoms with E-state index in [0.717, 1.165) is 10.8 Å². The lowest BCUT2D eigenvalue weighted by Crippen LogP contribution is -2.24. The molecule has 0 aliphatic carbocycles. The molecule has 0 aliphatic heterocycles. The summed E-state index contributed by atoms with van der Waals surface area (Å²) in [6.07, 6.45) is 1.47. The zero-order valence-electron chi connectivity index (χ0n) is 16.5. The molecule has 150 valence electrons. The molecule has 0 aromatic heterocycles. The van der Waals surface area contributed by atoms with Crippen LogP contribution < -0.4 is 24.4 Å². The Morgan fingerprint density at radius 2 is 1.59 bits per heavy atom. The van der Waals surface area contributed by atoms with Crippen LogP contribution in [0, 0.1) is 0 Å². The molecule has 0 radical (unpaired) electrons. The third-order valence-electron chi connectivity index (χ3n) is 4.22. The molecule has 0 aliphatic rings. The highest BCUT2D eigenvalue weighted by Crippen LogP contribution is 2.33. The van der Waals surface area contributed by atoms with Gasteiger partial charge >= 0.3 is 0 Å². The zero-order chi connectivity index (χ0) is 20.6. The standard InChI is InChI=1S/C22H22N2O5/c1-26-19-12-21(28-3)20(27-2)11-17(19)13-23-24-22(25)14-29-18-9-8-15-6-4-5-7-16(15)10-18/h4-13H,14H2,1-3H3,(H,24,25). The van der Waals surface area contributed by atoms with Crippen molar-refractivity contribution in [1.29, 1.82) is 0 Å². The van der Waals surface area contributed by atoms with Crippen LogP contribution >= 0.6 is 0 Å². The number of rotatable bonds is 8. The molecule has 7 nitrogen and oxygen atoms in total. The molecule has 0 bridgehead atoms. The van der Waals surface area contributed by atoms with Crippen LogP contribution in [0.1, 0.15) is 5.56 Å². The Labute approximate surface area is 168 Å². The molecule has 0 heterocycles. The first-order valence-corrected chi connectivity index (χ1v) is 8.88. The molecule has 0 saturated heterocycles. The summed E-state index contributed by atoms with van der Waals surface area (Å²) in [6, 6.07) is 17.0. The molecule has 0 saturated carbocycles. The number of fused-ring (bicyclic) bond motifs is 1. The van der Waals surface area contributed by atoms with Crippen LogP contribution in [0.25, 0.3) is 10.8 Å². The first-order valence-electron chi connectivity index (χ1n) is 8.88. The van der Waals surface area contributed by atoms with Crippen molar-refractivity contribution < 1.29 is 23.7 Å². The Kier molecular flexibility index (Phi) is 6.52. The van der Waals surface area contributed by atoms with Gasteiger partial charge in [-0.1, -0.05) is 30.3 Å². The number of nitrogens with one attached hydrogen (secondary N) is 1. The van der Waals surface area contributed by atoms with E-state index < -0.39 is 0 Å². The molecule has 3 aromatic carbocycles. The van der Waals surface area contributed by atoms with E-state index in [-0.39, 0.29) is 12.5 Å². The van der Waals surface area contributed by atoms with E-state index in [9.17, 15) is 4.79 Å². The van der Waals surface area contributed by atoms with Gasteiger partial charge in [0.15, 0.2) is 18.1 Å². The van der Waals surface area contributed by atoms with Gasteiger partial charge in [0.2, 0.25) is 0 Å². The number of hydrazone groups is 1. The Morgan fingerprint density at radius 1 is 0.897 bits per heavy atom. The van der Waals surface area contributed by atoms with Gasteiger partial charge in [0.05, 0.1) is 27.5 Å². The maximum atomic E-state index is 12.0. The molecular weight excluding hydrogens is 372 g/mol. The van der Waals surface area contributed by atoms with Gasteiger partial charge < -0.3 is 18.9 Å². The maximum Gasteiger partial charge on any atom is 0.277 e. The monoisotopic (exact) mass is 394 g/mol. The highest BCUT2D eigenvalue weighted by atomic mass is 16.5. The van der Waals surface area contributed by atoms with Gasteiger partial charge in [0.1, 0.15) is 11.5 Å². The summed E-state index contributed by atoms with van der Waals surface area (Å²) in [5.41, 5.74) is 3.06. The summed E-state index contributed by atoms with van der Waals surface area (Å²) in [7, 11) is 4.62. The van der Waals surface area contributed by atoms with Crippen LogP contribution in [0.15, 0.2) is 59.7 Å². The minimum atomic E-state index is -0.381. The van der Waals surface area contributed by atoms with Crippen molar-refractivity contribution in [3.8, 4) is 23.0 Å². The molecule has 1 amide bonds. The predicted octanol–water partition coefficient (Wildman–Crippen LogP) is 3.39. The van der Waals surface area contributed by atoms with Gasteiger partial charge in [-0.15, -0.1) is 0 Å². The number of amides is 1. The summed E-state index contributed by atoms with van der Waals surface area (Å²) < 4.78 is 21.4. The van der Waals surface area contributed by atoms with Crippen molar-refractivity contribution in [2.75, 3.05) is 27.9 Å². The average molecular weight is 394 g/mol. The number of hydrogen-bond donors (Lipinski definition) is 1. The third kappa shape index (κ3) is 4.95. The lowest BCUT2D eigenvalue weighted by atomic mass is 10.1. The normalized spacial score (nSPS) is 10.7. The number of carbonyl (C=O) groups is 1. The summed E-state index contributed by atoms with van der Waals surface area (Å²) in [6.45, 7) is -0.154. The molecule has 3 aromatic rings. The first kappa shape index (κ1) is 20.0. The van der Waals surface area contributed by atoms with Crippen LogP contribution in [-0.4, -0.2) is 40.1 Å². The number of methoxy groups -OCH3 is 3. The number of carbonyl (C=O) groups excluding carboxylic acids is 1. The summed E-state index contributed by atoms with van der Waals surface area (Å²) >= 11 is 0. The molecule has 3 rings (SSSR count). The van der Waals surface area contributed by atoms with Gasteiger partial charge in [-0.05, 0) is 29.0 Å². The topological polar surface area (TPSA) is 78.4 Å². The highest BCUT2D eigenvalue weighted by molar-refractivity contribution is 5.87. The number of ether oxygens (including phenoxy) is 4. The fourth-order valence-electron chi connectivity index (χ4n) is 2.77. The van der Waals surface area contributed by atoms with Crippen LogP contribution in [-0.2, 0) is 4.79 Å². The second kappa shape index (κ2) is 9.45. The average Bonchev–Trinajstić information content (AvgIpc) is 2.77. The van der Waals surface area contributed by atoms with E-state index >= 15 is 0 Å². The largest absolute Gasteiger partial charge is 0.496 e. The van der Waals surface area contributed by atoms with E-state index in [1.807, 2.05) is 42.5 Å². The Balaban J connectivity index is 1.60. The van der Waals surface area contributed by atoms with Gasteiger partial charge in [-0.3, -0.25) is 4.79 Å². The fraction of sp³-hybridized carbons (Fsp3) is 0.182. The SMILES string of the molecule is COc1cc(OC)c(OC)cc1C=NNC(=O)COc1ccc2ccccc2c1. The van der Waals surface area contributed by atoms with Crippen LogP contribution in [0.2, 0.25) is 0 Å². The van der Waals surface area contributed by atoms with E-state index in [0.29, 0.717) is 28.6 Å². The molecule has 7 heteroatoms. The summed E-state index contributed by atoms with van der Waals surface area (Å²) in [5.74, 6) is 1.83. The van der Waals surface area contributed by atoms with Gasteiger partial charge in [0, 0.05) is 11.6 Å². The molecule has 0 unspecified atom stereocenters. The van der Waals surface area contributed by atoms with Gasteiger partial charge in [-0.2, -0.15) is 5.10 Å².